The maximum atomic E-state index is 5.22. The summed E-state index contributed by atoms with van der Waals surface area (Å²) in [6.45, 7) is 7.14. The van der Waals surface area contributed by atoms with Gasteiger partial charge in [-0.25, -0.2) is 14.5 Å². The summed E-state index contributed by atoms with van der Waals surface area (Å²) in [7, 11) is 0. The van der Waals surface area contributed by atoms with Gasteiger partial charge in [-0.15, -0.1) is 26.6 Å². The van der Waals surface area contributed by atoms with E-state index in [1.807, 2.05) is 27.0 Å². The summed E-state index contributed by atoms with van der Waals surface area (Å²) in [5.41, 5.74) is 3.11. The first-order valence-electron chi connectivity index (χ1n) is 13.7. The Hall–Kier alpha value is -2.42. The van der Waals surface area contributed by atoms with E-state index in [1.165, 1.54) is 54.4 Å². The van der Waals surface area contributed by atoms with E-state index in [4.69, 9.17) is 15.1 Å². The zero-order valence-corrected chi connectivity index (χ0v) is 22.3. The molecule has 0 aliphatic heterocycles. The maximum Gasteiger partial charge on any atom is 0.167 e. The van der Waals surface area contributed by atoms with E-state index in [1.54, 1.807) is 6.33 Å². The Labute approximate surface area is 214 Å². The number of fused-ring (bicyclic) bond motifs is 5. The van der Waals surface area contributed by atoms with Crippen molar-refractivity contribution in [1.82, 2.24) is 39.8 Å². The highest BCUT2D eigenvalue weighted by Crippen LogP contribution is 2.64. The molecule has 4 heterocycles. The van der Waals surface area contributed by atoms with Crippen molar-refractivity contribution in [3.05, 3.63) is 28.9 Å². The van der Waals surface area contributed by atoms with Crippen molar-refractivity contribution >= 4 is 27.2 Å². The number of thiophene rings is 1. The quantitative estimate of drug-likeness (QED) is 0.391. The molecule has 36 heavy (non-hydrogen) atoms. The maximum absolute atomic E-state index is 5.22. The van der Waals surface area contributed by atoms with Crippen molar-refractivity contribution in [1.29, 1.82) is 0 Å². The smallest absolute Gasteiger partial charge is 0.167 e. The molecule has 188 valence electrons. The van der Waals surface area contributed by atoms with E-state index >= 15 is 0 Å². The van der Waals surface area contributed by atoms with Crippen LogP contribution in [0.15, 0.2) is 12.7 Å². The second-order valence-corrected chi connectivity index (χ2v) is 14.7. The molecule has 0 N–H and O–H groups in total. The van der Waals surface area contributed by atoms with Crippen LogP contribution in [-0.2, 0) is 24.8 Å². The van der Waals surface area contributed by atoms with Crippen LogP contribution in [0, 0.1) is 28.6 Å². The Morgan fingerprint density at radius 3 is 2.72 bits per heavy atom. The summed E-state index contributed by atoms with van der Waals surface area (Å²) in [4.78, 5) is 14.7. The molecule has 5 aliphatic carbocycles. The van der Waals surface area contributed by atoms with Crippen molar-refractivity contribution in [2.75, 3.05) is 0 Å². The molecule has 0 unspecified atom stereocenters. The lowest BCUT2D eigenvalue weighted by Gasteiger charge is -2.61. The highest BCUT2D eigenvalue weighted by molar-refractivity contribution is 7.19. The van der Waals surface area contributed by atoms with E-state index in [0.29, 0.717) is 5.41 Å². The molecule has 9 heteroatoms. The Morgan fingerprint density at radius 2 is 1.97 bits per heavy atom. The van der Waals surface area contributed by atoms with Crippen LogP contribution in [0.4, 0.5) is 0 Å². The Balaban J connectivity index is 1.16. The van der Waals surface area contributed by atoms with Gasteiger partial charge in [0.1, 0.15) is 11.2 Å². The molecule has 4 fully saturated rings. The van der Waals surface area contributed by atoms with Crippen molar-refractivity contribution in [2.24, 2.45) is 28.6 Å². The molecule has 4 saturated carbocycles. The molecular weight excluding hydrogens is 468 g/mol. The number of aromatic nitrogens is 8. The number of hydrogen-bond acceptors (Lipinski definition) is 7. The third-order valence-electron chi connectivity index (χ3n) is 10.1. The van der Waals surface area contributed by atoms with Gasteiger partial charge in [0.25, 0.3) is 0 Å². The topological polar surface area (TPSA) is 86.7 Å². The van der Waals surface area contributed by atoms with E-state index in [0.717, 1.165) is 59.7 Å². The van der Waals surface area contributed by atoms with Crippen molar-refractivity contribution in [2.45, 2.75) is 90.5 Å². The van der Waals surface area contributed by atoms with E-state index < -0.39 is 0 Å². The molecule has 4 aromatic heterocycles. The van der Waals surface area contributed by atoms with Crippen LogP contribution in [0.2, 0.25) is 0 Å². The SMILES string of the molecule is CC(C)(C)[C@H]1CCc2c(sc3ncn4nc(CC56C[C@@H]7C[C@@H](C5)CC(n5ncnn5)(C7)C6)nc4c23)C1. The van der Waals surface area contributed by atoms with Crippen LogP contribution >= 0.6 is 11.3 Å². The molecule has 4 aromatic rings. The van der Waals surface area contributed by atoms with Crippen LogP contribution in [-0.4, -0.2) is 39.8 Å². The van der Waals surface area contributed by atoms with Crippen LogP contribution in [0.1, 0.15) is 82.0 Å². The number of rotatable bonds is 3. The van der Waals surface area contributed by atoms with Gasteiger partial charge in [0.05, 0.1) is 10.9 Å². The van der Waals surface area contributed by atoms with Crippen molar-refractivity contribution in [3.8, 4) is 0 Å². The summed E-state index contributed by atoms with van der Waals surface area (Å²) in [6, 6.07) is 0. The third-order valence-corrected chi connectivity index (χ3v) is 11.3. The molecule has 8 nitrogen and oxygen atoms in total. The molecule has 0 saturated heterocycles. The largest absolute Gasteiger partial charge is 0.225 e. The predicted octanol–water partition coefficient (Wildman–Crippen LogP) is 5.01. The Bertz CT molecular complexity index is 1460. The number of tetrazole rings is 1. The molecule has 0 spiro atoms. The van der Waals surface area contributed by atoms with E-state index in [-0.39, 0.29) is 11.0 Å². The second-order valence-electron chi connectivity index (χ2n) is 13.6. The highest BCUT2D eigenvalue weighted by Gasteiger charge is 2.59. The second kappa shape index (κ2) is 7.11. The number of hydrogen-bond donors (Lipinski definition) is 0. The lowest BCUT2D eigenvalue weighted by atomic mass is 9.46. The van der Waals surface area contributed by atoms with Gasteiger partial charge in [-0.2, -0.15) is 4.80 Å². The van der Waals surface area contributed by atoms with Gasteiger partial charge in [0, 0.05) is 11.3 Å². The van der Waals surface area contributed by atoms with Crippen molar-refractivity contribution in [3.63, 3.8) is 0 Å². The monoisotopic (exact) mass is 502 g/mol. The average Bonchev–Trinajstić information content (AvgIpc) is 3.54. The first-order valence-corrected chi connectivity index (χ1v) is 14.5. The molecular formula is C27H34N8S. The van der Waals surface area contributed by atoms with E-state index in [9.17, 15) is 0 Å². The minimum atomic E-state index is 0.0323. The molecule has 5 aliphatic rings. The van der Waals surface area contributed by atoms with Gasteiger partial charge in [-0.3, -0.25) is 0 Å². The van der Waals surface area contributed by atoms with Crippen molar-refractivity contribution < 1.29 is 0 Å². The van der Waals surface area contributed by atoms with Gasteiger partial charge in [-0.1, -0.05) is 20.8 Å². The van der Waals surface area contributed by atoms with Crippen LogP contribution in [0.25, 0.3) is 15.9 Å². The fraction of sp³-hybridized carbons (Fsp3) is 0.704. The Kier molecular flexibility index (Phi) is 4.28. The summed E-state index contributed by atoms with van der Waals surface area (Å²) in [6.07, 6.45) is 15.4. The molecule has 9 rings (SSSR count). The average molecular weight is 503 g/mol. The van der Waals surface area contributed by atoms with Gasteiger partial charge >= 0.3 is 0 Å². The summed E-state index contributed by atoms with van der Waals surface area (Å²) in [5.74, 6) is 3.21. The molecule has 0 amide bonds. The molecule has 3 atom stereocenters. The number of aryl methyl sites for hydroxylation is 1. The lowest BCUT2D eigenvalue weighted by Crippen LogP contribution is -2.57. The highest BCUT2D eigenvalue weighted by atomic mass is 32.1. The van der Waals surface area contributed by atoms with E-state index in [2.05, 4.69) is 36.2 Å². The zero-order chi connectivity index (χ0) is 24.3. The normalized spacial score (nSPS) is 33.6. The van der Waals surface area contributed by atoms with Gasteiger partial charge in [-0.05, 0) is 97.1 Å². The molecule has 0 aromatic carbocycles. The zero-order valence-electron chi connectivity index (χ0n) is 21.4. The first kappa shape index (κ1) is 21.6. The van der Waals surface area contributed by atoms with Gasteiger partial charge in [0.15, 0.2) is 17.8 Å². The third kappa shape index (κ3) is 3.10. The van der Waals surface area contributed by atoms with Crippen LogP contribution in [0.3, 0.4) is 0 Å². The summed E-state index contributed by atoms with van der Waals surface area (Å²) < 4.78 is 1.95. The fourth-order valence-corrected chi connectivity index (χ4v) is 10.3. The molecule has 4 bridgehead atoms. The lowest BCUT2D eigenvalue weighted by molar-refractivity contribution is -0.112. The molecule has 0 radical (unpaired) electrons. The van der Waals surface area contributed by atoms with Gasteiger partial charge < -0.3 is 0 Å². The first-order chi connectivity index (χ1) is 17.3. The standard InChI is InChI=1S/C27H34N8S/c1-25(2,3)18-4-5-19-20(7-18)36-24-22(19)23-31-21(32-34(23)15-28-24)12-26-8-16-6-17(9-26)11-27(10-16,13-26)35-30-14-29-33-35/h14-18H,4-13H2,1-3H3/t16-,17-,18-,26?,27?/m0/s1. The van der Waals surface area contributed by atoms with Crippen LogP contribution in [0.5, 0.6) is 0 Å². The van der Waals surface area contributed by atoms with Gasteiger partial charge in [0.2, 0.25) is 0 Å². The Morgan fingerprint density at radius 1 is 1.14 bits per heavy atom. The minimum absolute atomic E-state index is 0.0323. The number of nitrogens with zero attached hydrogens (tertiary/aromatic N) is 8. The summed E-state index contributed by atoms with van der Waals surface area (Å²) >= 11 is 1.88. The van der Waals surface area contributed by atoms with Crippen LogP contribution < -0.4 is 0 Å². The minimum Gasteiger partial charge on any atom is -0.225 e. The summed E-state index contributed by atoms with van der Waals surface area (Å²) in [5, 5.41) is 19.2. The fourth-order valence-electron chi connectivity index (χ4n) is 9.00. The predicted molar refractivity (Wildman–Crippen MR) is 138 cm³/mol.